The van der Waals surface area contributed by atoms with Crippen molar-refractivity contribution in [3.63, 3.8) is 0 Å². The van der Waals surface area contributed by atoms with Crippen LogP contribution < -0.4 is 9.64 Å². The van der Waals surface area contributed by atoms with Crippen LogP contribution >= 0.6 is 0 Å². The lowest BCUT2D eigenvalue weighted by Crippen LogP contribution is -2.35. The summed E-state index contributed by atoms with van der Waals surface area (Å²) in [7, 11) is 1.51. The monoisotopic (exact) mass is 352 g/mol. The number of hydrogen-bond acceptors (Lipinski definition) is 7. The second kappa shape index (κ2) is 6.62. The molecule has 1 unspecified atom stereocenters. The summed E-state index contributed by atoms with van der Waals surface area (Å²) >= 11 is 0. The Bertz CT molecular complexity index is 936. The van der Waals surface area contributed by atoms with Gasteiger partial charge in [-0.1, -0.05) is 0 Å². The lowest BCUT2D eigenvalue weighted by molar-refractivity contribution is 0.408. The minimum absolute atomic E-state index is 0.0384. The molecule has 1 atom stereocenters. The molecule has 0 spiro atoms. The van der Waals surface area contributed by atoms with Crippen LogP contribution in [0.15, 0.2) is 36.8 Å². The Kier molecular flexibility index (Phi) is 4.16. The number of anilines is 1. The van der Waals surface area contributed by atoms with E-state index in [0.717, 1.165) is 11.3 Å². The van der Waals surface area contributed by atoms with Crippen molar-refractivity contribution in [3.05, 3.63) is 54.0 Å². The van der Waals surface area contributed by atoms with Gasteiger partial charge in [-0.05, 0) is 13.0 Å². The van der Waals surface area contributed by atoms with Crippen molar-refractivity contribution < 1.29 is 9.13 Å². The Morgan fingerprint density at radius 3 is 2.69 bits per heavy atom. The predicted molar refractivity (Wildman–Crippen MR) is 93.3 cm³/mol. The van der Waals surface area contributed by atoms with Gasteiger partial charge in [0.15, 0.2) is 11.6 Å². The highest BCUT2D eigenvalue weighted by Crippen LogP contribution is 2.33. The molecule has 0 saturated heterocycles. The number of pyridine rings is 1. The van der Waals surface area contributed by atoms with Crippen LogP contribution in [-0.4, -0.2) is 38.6 Å². The number of nitrogens with zero attached hydrogens (tertiary/aromatic N) is 6. The van der Waals surface area contributed by atoms with E-state index in [0.29, 0.717) is 36.2 Å². The lowest BCUT2D eigenvalue weighted by Gasteiger charge is -2.35. The maximum atomic E-state index is 13.8. The average Bonchev–Trinajstić information content (AvgIpc) is 2.68. The van der Waals surface area contributed by atoms with Crippen LogP contribution in [0.5, 0.6) is 5.75 Å². The zero-order valence-electron chi connectivity index (χ0n) is 14.4. The van der Waals surface area contributed by atoms with Crippen molar-refractivity contribution in [2.75, 3.05) is 18.6 Å². The smallest absolute Gasteiger partial charge is 0.218 e. The Balaban J connectivity index is 1.67. The lowest BCUT2D eigenvalue weighted by atomic mass is 9.99. The Morgan fingerprint density at radius 1 is 1.12 bits per heavy atom. The third-order valence-corrected chi connectivity index (χ3v) is 4.46. The van der Waals surface area contributed by atoms with Crippen molar-refractivity contribution in [2.45, 2.75) is 19.4 Å². The van der Waals surface area contributed by atoms with E-state index in [1.807, 2.05) is 11.8 Å². The van der Waals surface area contributed by atoms with Gasteiger partial charge in [0.2, 0.25) is 5.95 Å². The molecule has 4 heterocycles. The number of ether oxygens (including phenoxy) is 1. The largest absolute Gasteiger partial charge is 0.496 e. The number of fused-ring (bicyclic) bond motifs is 1. The molecule has 1 aliphatic heterocycles. The molecule has 0 saturated carbocycles. The van der Waals surface area contributed by atoms with E-state index in [1.165, 1.54) is 13.2 Å². The molecule has 26 heavy (non-hydrogen) atoms. The first-order chi connectivity index (χ1) is 12.7. The van der Waals surface area contributed by atoms with Gasteiger partial charge in [0.25, 0.3) is 0 Å². The number of methoxy groups -OCH3 is 1. The van der Waals surface area contributed by atoms with E-state index in [2.05, 4.69) is 24.9 Å². The van der Waals surface area contributed by atoms with Gasteiger partial charge in [-0.25, -0.2) is 24.9 Å². The van der Waals surface area contributed by atoms with Crippen molar-refractivity contribution in [1.29, 1.82) is 0 Å². The maximum Gasteiger partial charge on any atom is 0.218 e. The summed E-state index contributed by atoms with van der Waals surface area (Å²) in [5.74, 6) is 1.43. The van der Waals surface area contributed by atoms with E-state index in [-0.39, 0.29) is 6.04 Å². The highest BCUT2D eigenvalue weighted by Gasteiger charge is 2.27. The summed E-state index contributed by atoms with van der Waals surface area (Å²) in [6, 6.07) is 4.71. The molecule has 1 aliphatic rings. The summed E-state index contributed by atoms with van der Waals surface area (Å²) < 4.78 is 18.9. The highest BCUT2D eigenvalue weighted by atomic mass is 19.1. The van der Waals surface area contributed by atoms with E-state index < -0.39 is 5.95 Å². The molecule has 8 heteroatoms. The van der Waals surface area contributed by atoms with Crippen molar-refractivity contribution in [2.24, 2.45) is 0 Å². The minimum atomic E-state index is -0.565. The average molecular weight is 352 g/mol. The van der Waals surface area contributed by atoms with Crippen LogP contribution in [-0.2, 0) is 6.42 Å². The second-order valence-electron chi connectivity index (χ2n) is 5.98. The molecule has 0 amide bonds. The maximum absolute atomic E-state index is 13.8. The van der Waals surface area contributed by atoms with E-state index in [1.54, 1.807) is 30.7 Å². The molecule has 3 aromatic rings. The molecule has 7 nitrogen and oxygen atoms in total. The fraction of sp³-hybridized carbons (Fsp3) is 0.278. The molecule has 0 fully saturated rings. The van der Waals surface area contributed by atoms with E-state index >= 15 is 0 Å². The molecule has 0 radical (unpaired) electrons. The third kappa shape index (κ3) is 2.94. The summed E-state index contributed by atoms with van der Waals surface area (Å²) in [5.41, 5.74) is 1.94. The van der Waals surface area contributed by atoms with Gasteiger partial charge >= 0.3 is 0 Å². The van der Waals surface area contributed by atoms with Gasteiger partial charge < -0.3 is 9.64 Å². The molecular weight excluding hydrogens is 335 g/mol. The molecule has 0 aromatic carbocycles. The first-order valence-electron chi connectivity index (χ1n) is 8.27. The van der Waals surface area contributed by atoms with Gasteiger partial charge in [-0.2, -0.15) is 4.39 Å². The predicted octanol–water partition coefficient (Wildman–Crippen LogP) is 2.60. The topological polar surface area (TPSA) is 76.9 Å². The molecule has 0 aliphatic carbocycles. The fourth-order valence-electron chi connectivity index (χ4n) is 3.12. The third-order valence-electron chi connectivity index (χ3n) is 4.46. The summed E-state index contributed by atoms with van der Waals surface area (Å²) in [6.07, 6.45) is 5.82. The Hall–Kier alpha value is -3.16. The zero-order valence-corrected chi connectivity index (χ0v) is 14.4. The van der Waals surface area contributed by atoms with E-state index in [9.17, 15) is 4.39 Å². The highest BCUT2D eigenvalue weighted by molar-refractivity contribution is 5.50. The van der Waals surface area contributed by atoms with Crippen LogP contribution in [0, 0.1) is 5.95 Å². The molecule has 132 valence electrons. The van der Waals surface area contributed by atoms with Crippen molar-refractivity contribution >= 4 is 5.82 Å². The number of aromatic nitrogens is 5. The molecule has 0 bridgehead atoms. The number of hydrogen-bond donors (Lipinski definition) is 0. The van der Waals surface area contributed by atoms with Gasteiger partial charge in [0, 0.05) is 49.3 Å². The van der Waals surface area contributed by atoms with Gasteiger partial charge in [-0.15, -0.1) is 0 Å². The van der Waals surface area contributed by atoms with Crippen LogP contribution in [0.4, 0.5) is 10.2 Å². The van der Waals surface area contributed by atoms with Gasteiger partial charge in [0.1, 0.15) is 11.6 Å². The molecular formula is C18H17FN6O. The normalized spacial score (nSPS) is 16.3. The summed E-state index contributed by atoms with van der Waals surface area (Å²) in [6.45, 7) is 2.69. The fourth-order valence-corrected chi connectivity index (χ4v) is 3.12. The van der Waals surface area contributed by atoms with Gasteiger partial charge in [-0.3, -0.25) is 0 Å². The Morgan fingerprint density at radius 2 is 1.92 bits per heavy atom. The molecule has 0 N–H and O–H groups in total. The second-order valence-corrected chi connectivity index (χ2v) is 5.98. The standard InChI is InChI=1S/C18H17FN6O/c1-11-13-10-22-18(17-20-5-3-6-21-17)23-14(13)4-7-25(11)16-9-12(26-2)8-15(19)24-16/h3,5-6,8-11H,4,7H2,1-2H3. The molecule has 3 aromatic heterocycles. The SMILES string of the molecule is COc1cc(F)nc(N2CCc3nc(-c4ncccn4)ncc3C2C)c1. The van der Waals surface area contributed by atoms with Crippen molar-refractivity contribution in [1.82, 2.24) is 24.9 Å². The summed E-state index contributed by atoms with van der Waals surface area (Å²) in [4.78, 5) is 23.5. The zero-order chi connectivity index (χ0) is 18.1. The Labute approximate surface area is 150 Å². The van der Waals surface area contributed by atoms with E-state index in [4.69, 9.17) is 4.74 Å². The number of halogens is 1. The van der Waals surface area contributed by atoms with Gasteiger partial charge in [0.05, 0.1) is 18.8 Å². The van der Waals surface area contributed by atoms with Crippen LogP contribution in [0.3, 0.4) is 0 Å². The first-order valence-corrected chi connectivity index (χ1v) is 8.27. The van der Waals surface area contributed by atoms with Crippen LogP contribution in [0.1, 0.15) is 24.2 Å². The van der Waals surface area contributed by atoms with Crippen LogP contribution in [0.25, 0.3) is 11.6 Å². The summed E-state index contributed by atoms with van der Waals surface area (Å²) in [5, 5.41) is 0. The van der Waals surface area contributed by atoms with Crippen molar-refractivity contribution in [3.8, 4) is 17.4 Å². The quantitative estimate of drug-likeness (QED) is 0.671. The minimum Gasteiger partial charge on any atom is -0.496 e. The number of rotatable bonds is 3. The van der Waals surface area contributed by atoms with Crippen LogP contribution in [0.2, 0.25) is 0 Å². The first kappa shape index (κ1) is 16.3. The molecule has 4 rings (SSSR count).